The van der Waals surface area contributed by atoms with Gasteiger partial charge < -0.3 is 20.3 Å². The van der Waals surface area contributed by atoms with Crippen molar-refractivity contribution in [3.63, 3.8) is 0 Å². The first-order valence-corrected chi connectivity index (χ1v) is 10.3. The van der Waals surface area contributed by atoms with Gasteiger partial charge in [0.15, 0.2) is 23.1 Å². The molecule has 0 saturated heterocycles. The molecule has 2 aromatic rings. The van der Waals surface area contributed by atoms with E-state index in [0.29, 0.717) is 29.4 Å². The van der Waals surface area contributed by atoms with Crippen molar-refractivity contribution >= 4 is 29.1 Å². The van der Waals surface area contributed by atoms with Crippen LogP contribution in [-0.2, 0) is 0 Å². The van der Waals surface area contributed by atoms with Crippen molar-refractivity contribution in [1.82, 2.24) is 19.5 Å². The van der Waals surface area contributed by atoms with Crippen molar-refractivity contribution < 1.29 is 18.3 Å². The van der Waals surface area contributed by atoms with Crippen molar-refractivity contribution in [2.45, 2.75) is 58.5 Å². The van der Waals surface area contributed by atoms with Crippen LogP contribution >= 0.6 is 0 Å². The number of aliphatic hydroxyl groups excluding tert-OH is 1. The average molecular weight is 439 g/mol. The van der Waals surface area contributed by atoms with E-state index in [4.69, 9.17) is 0 Å². The normalized spacial score (nSPS) is 18.9. The molecule has 0 aromatic carbocycles. The molecule has 0 radical (unpaired) electrons. The van der Waals surface area contributed by atoms with Crippen LogP contribution in [0.5, 0.6) is 0 Å². The van der Waals surface area contributed by atoms with E-state index in [1.165, 1.54) is 0 Å². The Balaban J connectivity index is 1.94. The highest BCUT2D eigenvalue weighted by atomic mass is 19.4. The number of alkyl halides is 3. The Morgan fingerprint density at radius 2 is 2.03 bits per heavy atom. The van der Waals surface area contributed by atoms with Gasteiger partial charge in [-0.2, -0.15) is 23.1 Å². The van der Waals surface area contributed by atoms with Crippen LogP contribution in [0.25, 0.3) is 11.2 Å². The summed E-state index contributed by atoms with van der Waals surface area (Å²) in [5, 5.41) is 15.6. The predicted octanol–water partition coefficient (Wildman–Crippen LogP) is 3.58. The lowest BCUT2D eigenvalue weighted by molar-refractivity contribution is -0.208. The molecule has 170 valence electrons. The summed E-state index contributed by atoms with van der Waals surface area (Å²) in [6.45, 7) is 8.72. The van der Waals surface area contributed by atoms with Crippen LogP contribution in [0.2, 0.25) is 0 Å². The van der Waals surface area contributed by atoms with Gasteiger partial charge in [0.2, 0.25) is 5.95 Å². The Bertz CT molecular complexity index is 968. The van der Waals surface area contributed by atoms with Gasteiger partial charge in [0.05, 0.1) is 12.4 Å². The molecular weight excluding hydrogens is 411 g/mol. The second-order valence-corrected chi connectivity index (χ2v) is 8.03. The first kappa shape index (κ1) is 23.0. The van der Waals surface area contributed by atoms with Crippen LogP contribution in [-0.4, -0.2) is 62.3 Å². The lowest BCUT2D eigenvalue weighted by Gasteiger charge is -2.25. The molecule has 3 rings (SSSR count). The standard InChI is InChI=1S/C20H28F3N7O/c1-5-14(16(31)20(21,22)23)27-19-28-17(25-9-13-6-12(4)7-24-8-13)15-18(29-19)30(10-26-15)11(2)3/h6,8,10-12,14,16,31H,5,7,9H2,1-4H3,(H2,25,27,28,29). The fourth-order valence-corrected chi connectivity index (χ4v) is 3.37. The fraction of sp³-hybridized carbons (Fsp3) is 0.600. The minimum Gasteiger partial charge on any atom is -0.382 e. The SMILES string of the molecule is CCC(Nc1nc(NCC2=CC(C)CN=C2)c2ncn(C(C)C)c2n1)C(O)C(F)(F)F. The number of aromatic nitrogens is 4. The maximum Gasteiger partial charge on any atom is 0.416 e. The number of hydrogen-bond acceptors (Lipinski definition) is 7. The van der Waals surface area contributed by atoms with E-state index in [-0.39, 0.29) is 18.4 Å². The van der Waals surface area contributed by atoms with E-state index in [2.05, 4.69) is 43.6 Å². The van der Waals surface area contributed by atoms with Crippen LogP contribution in [0, 0.1) is 5.92 Å². The largest absolute Gasteiger partial charge is 0.416 e. The lowest BCUT2D eigenvalue weighted by atomic mass is 10.1. The Kier molecular flexibility index (Phi) is 6.83. The Morgan fingerprint density at radius 1 is 1.29 bits per heavy atom. The summed E-state index contributed by atoms with van der Waals surface area (Å²) in [6, 6.07) is -1.24. The van der Waals surface area contributed by atoms with Crippen molar-refractivity contribution in [2.24, 2.45) is 10.9 Å². The van der Waals surface area contributed by atoms with E-state index in [9.17, 15) is 18.3 Å². The number of imidazole rings is 1. The van der Waals surface area contributed by atoms with Crippen LogP contribution < -0.4 is 10.6 Å². The monoisotopic (exact) mass is 439 g/mol. The van der Waals surface area contributed by atoms with Gasteiger partial charge in [-0.25, -0.2) is 4.98 Å². The summed E-state index contributed by atoms with van der Waals surface area (Å²) >= 11 is 0. The highest BCUT2D eigenvalue weighted by molar-refractivity contribution is 5.86. The van der Waals surface area contributed by atoms with Gasteiger partial charge in [0.1, 0.15) is 0 Å². The molecule has 0 aliphatic carbocycles. The number of aliphatic hydroxyl groups is 1. The smallest absolute Gasteiger partial charge is 0.382 e. The molecule has 31 heavy (non-hydrogen) atoms. The quantitative estimate of drug-likeness (QED) is 0.581. The van der Waals surface area contributed by atoms with Crippen LogP contribution in [0.1, 0.15) is 40.2 Å². The number of nitrogens with one attached hydrogen (secondary N) is 2. The zero-order valence-corrected chi connectivity index (χ0v) is 18.0. The third-order valence-electron chi connectivity index (χ3n) is 5.06. The third kappa shape index (κ3) is 5.33. The molecule has 0 amide bonds. The zero-order valence-electron chi connectivity index (χ0n) is 18.0. The average Bonchev–Trinajstić information content (AvgIpc) is 3.13. The summed E-state index contributed by atoms with van der Waals surface area (Å²) < 4.78 is 40.9. The Labute approximate surface area is 178 Å². The second kappa shape index (κ2) is 9.21. The highest BCUT2D eigenvalue weighted by Crippen LogP contribution is 2.27. The van der Waals surface area contributed by atoms with Gasteiger partial charge in [-0.1, -0.05) is 19.9 Å². The molecule has 1 aliphatic rings. The molecule has 0 bridgehead atoms. The number of nitrogens with zero attached hydrogens (tertiary/aromatic N) is 5. The topological polar surface area (TPSA) is 100 Å². The number of halogens is 3. The van der Waals surface area contributed by atoms with Crippen molar-refractivity contribution in [2.75, 3.05) is 23.7 Å². The zero-order chi connectivity index (χ0) is 22.8. The van der Waals surface area contributed by atoms with Crippen LogP contribution in [0.15, 0.2) is 23.0 Å². The van der Waals surface area contributed by atoms with Gasteiger partial charge in [-0.3, -0.25) is 4.99 Å². The van der Waals surface area contributed by atoms with Gasteiger partial charge in [-0.05, 0) is 31.8 Å². The molecule has 8 nitrogen and oxygen atoms in total. The van der Waals surface area contributed by atoms with Crippen molar-refractivity contribution in [1.29, 1.82) is 0 Å². The summed E-state index contributed by atoms with van der Waals surface area (Å²) in [4.78, 5) is 17.5. The van der Waals surface area contributed by atoms with Crippen LogP contribution in [0.3, 0.4) is 0 Å². The summed E-state index contributed by atoms with van der Waals surface area (Å²) in [5.41, 5.74) is 2.00. The third-order valence-corrected chi connectivity index (χ3v) is 5.06. The minimum atomic E-state index is -4.75. The molecule has 3 atom stereocenters. The summed E-state index contributed by atoms with van der Waals surface area (Å²) in [5.74, 6) is 0.724. The molecule has 1 aliphatic heterocycles. The van der Waals surface area contributed by atoms with Crippen molar-refractivity contribution in [3.8, 4) is 0 Å². The fourth-order valence-electron chi connectivity index (χ4n) is 3.37. The first-order chi connectivity index (χ1) is 14.6. The van der Waals surface area contributed by atoms with E-state index >= 15 is 0 Å². The number of rotatable bonds is 8. The maximum atomic E-state index is 13.0. The van der Waals surface area contributed by atoms with Gasteiger partial charge in [0.25, 0.3) is 0 Å². The van der Waals surface area contributed by atoms with Gasteiger partial charge in [0, 0.05) is 25.3 Å². The predicted molar refractivity (Wildman–Crippen MR) is 115 cm³/mol. The molecule has 11 heteroatoms. The highest BCUT2D eigenvalue weighted by Gasteiger charge is 2.43. The number of aliphatic imine (C=N–C) groups is 1. The number of hydrogen-bond donors (Lipinski definition) is 3. The molecule has 0 spiro atoms. The molecule has 0 fully saturated rings. The van der Waals surface area contributed by atoms with Gasteiger partial charge in [-0.15, -0.1) is 0 Å². The Morgan fingerprint density at radius 3 is 2.65 bits per heavy atom. The number of anilines is 2. The Hall–Kier alpha value is -2.69. The molecular formula is C20H28F3N7O. The number of dihydropyridines is 1. The molecule has 3 unspecified atom stereocenters. The first-order valence-electron chi connectivity index (χ1n) is 10.3. The van der Waals surface area contributed by atoms with Gasteiger partial charge >= 0.3 is 6.18 Å². The summed E-state index contributed by atoms with van der Waals surface area (Å²) in [7, 11) is 0. The van der Waals surface area contributed by atoms with E-state index < -0.39 is 18.3 Å². The molecule has 0 saturated carbocycles. The summed E-state index contributed by atoms with van der Waals surface area (Å²) in [6.07, 6.45) is -1.71. The van der Waals surface area contributed by atoms with Crippen LogP contribution in [0.4, 0.5) is 24.9 Å². The minimum absolute atomic E-state index is 0.00721. The van der Waals surface area contributed by atoms with E-state index in [1.807, 2.05) is 18.4 Å². The van der Waals surface area contributed by atoms with Crippen molar-refractivity contribution in [3.05, 3.63) is 18.0 Å². The maximum absolute atomic E-state index is 13.0. The lowest BCUT2D eigenvalue weighted by Crippen LogP contribution is -2.44. The van der Waals surface area contributed by atoms with E-state index in [0.717, 1.165) is 12.1 Å². The molecule has 3 heterocycles. The molecule has 3 N–H and O–H groups in total. The molecule has 2 aromatic heterocycles. The second-order valence-electron chi connectivity index (χ2n) is 8.03. The van der Waals surface area contributed by atoms with E-state index in [1.54, 1.807) is 19.5 Å². The number of fused-ring (bicyclic) bond motifs is 1.